The van der Waals surface area contributed by atoms with E-state index in [1.54, 1.807) is 0 Å². The Morgan fingerprint density at radius 1 is 1.30 bits per heavy atom. The Morgan fingerprint density at radius 3 is 2.50 bits per heavy atom. The second-order valence-corrected chi connectivity index (χ2v) is 7.04. The smallest absolute Gasteiger partial charge is 0.248 e. The molecule has 5 heteroatoms. The average Bonchev–Trinajstić information content (AvgIpc) is 2.96. The molecule has 4 nitrogen and oxygen atoms in total. The third-order valence-electron chi connectivity index (χ3n) is 4.78. The van der Waals surface area contributed by atoms with Gasteiger partial charge in [0.15, 0.2) is 0 Å². The zero-order chi connectivity index (χ0) is 14.8. The maximum atomic E-state index is 12.9. The maximum Gasteiger partial charge on any atom is 0.248 e. The summed E-state index contributed by atoms with van der Waals surface area (Å²) >= 11 is 1.95. The van der Waals surface area contributed by atoms with Gasteiger partial charge in [0.25, 0.3) is 0 Å². The monoisotopic (exact) mass is 298 g/mol. The van der Waals surface area contributed by atoms with Crippen LogP contribution in [-0.2, 0) is 9.59 Å². The molecule has 114 valence electrons. The van der Waals surface area contributed by atoms with Crippen LogP contribution in [0.15, 0.2) is 0 Å². The molecule has 2 fully saturated rings. The fraction of sp³-hybridized carbons (Fsp3) is 0.867. The van der Waals surface area contributed by atoms with Gasteiger partial charge in [-0.05, 0) is 43.1 Å². The van der Waals surface area contributed by atoms with Gasteiger partial charge in [-0.25, -0.2) is 0 Å². The van der Waals surface area contributed by atoms with E-state index in [0.717, 1.165) is 18.7 Å². The summed E-state index contributed by atoms with van der Waals surface area (Å²) in [4.78, 5) is 27.2. The lowest BCUT2D eigenvalue weighted by Gasteiger charge is -2.46. The van der Waals surface area contributed by atoms with Gasteiger partial charge in [0.2, 0.25) is 11.8 Å². The summed E-state index contributed by atoms with van der Waals surface area (Å²) in [6.07, 6.45) is 3.19. The summed E-state index contributed by atoms with van der Waals surface area (Å²) in [6.45, 7) is 6.70. The Morgan fingerprint density at radius 2 is 2.00 bits per heavy atom. The van der Waals surface area contributed by atoms with Crippen molar-refractivity contribution in [2.24, 2.45) is 5.92 Å². The van der Waals surface area contributed by atoms with Gasteiger partial charge in [0, 0.05) is 6.54 Å². The average molecular weight is 298 g/mol. The fourth-order valence-electron chi connectivity index (χ4n) is 3.28. The quantitative estimate of drug-likeness (QED) is 0.845. The molecular formula is C15H26N2O2S. The predicted octanol–water partition coefficient (Wildman–Crippen LogP) is 2.04. The Balaban J connectivity index is 2.22. The standard InChI is InChI=1S/C15H26N2O2S/c1-4-12-13(18)16-15(5-2,6-3)14(19)17(12)9-11-7-8-20-10-11/h11-12H,4-10H2,1-3H3,(H,16,18). The third kappa shape index (κ3) is 2.69. The molecule has 2 aliphatic heterocycles. The van der Waals surface area contributed by atoms with E-state index in [4.69, 9.17) is 0 Å². The number of nitrogens with zero attached hydrogens (tertiary/aromatic N) is 1. The Kier molecular flexibility index (Phi) is 4.99. The van der Waals surface area contributed by atoms with Gasteiger partial charge in [0.1, 0.15) is 11.6 Å². The van der Waals surface area contributed by atoms with E-state index in [1.807, 2.05) is 37.4 Å². The molecule has 0 aromatic carbocycles. The minimum atomic E-state index is -0.672. The predicted molar refractivity (Wildman–Crippen MR) is 82.7 cm³/mol. The van der Waals surface area contributed by atoms with Crippen molar-refractivity contribution in [1.29, 1.82) is 0 Å². The van der Waals surface area contributed by atoms with Crippen molar-refractivity contribution in [1.82, 2.24) is 10.2 Å². The van der Waals surface area contributed by atoms with Crippen molar-refractivity contribution in [3.05, 3.63) is 0 Å². The summed E-state index contributed by atoms with van der Waals surface area (Å²) in [6, 6.07) is -0.278. The SMILES string of the molecule is CCC1C(=O)NC(CC)(CC)C(=O)N1CC1CCSC1. The molecule has 2 heterocycles. The summed E-state index contributed by atoms with van der Waals surface area (Å²) in [5, 5.41) is 3.00. The lowest BCUT2D eigenvalue weighted by molar-refractivity contribution is -0.156. The first kappa shape index (κ1) is 15.7. The van der Waals surface area contributed by atoms with Crippen LogP contribution >= 0.6 is 11.8 Å². The van der Waals surface area contributed by atoms with Gasteiger partial charge < -0.3 is 10.2 Å². The first-order chi connectivity index (χ1) is 9.57. The largest absolute Gasteiger partial charge is 0.340 e. The lowest BCUT2D eigenvalue weighted by Crippen LogP contribution is -2.70. The Labute approximate surface area is 126 Å². The number of nitrogens with one attached hydrogen (secondary N) is 1. The number of carbonyl (C=O) groups excluding carboxylic acids is 2. The molecule has 0 aromatic rings. The molecule has 0 bridgehead atoms. The summed E-state index contributed by atoms with van der Waals surface area (Å²) in [7, 11) is 0. The highest BCUT2D eigenvalue weighted by molar-refractivity contribution is 7.99. The van der Waals surface area contributed by atoms with Gasteiger partial charge in [0.05, 0.1) is 0 Å². The first-order valence-corrected chi connectivity index (χ1v) is 8.94. The van der Waals surface area contributed by atoms with Gasteiger partial charge in [-0.2, -0.15) is 11.8 Å². The number of thioether (sulfide) groups is 1. The molecule has 2 amide bonds. The highest BCUT2D eigenvalue weighted by Crippen LogP contribution is 2.30. The van der Waals surface area contributed by atoms with E-state index in [-0.39, 0.29) is 17.9 Å². The van der Waals surface area contributed by atoms with E-state index in [9.17, 15) is 9.59 Å². The number of hydrogen-bond donors (Lipinski definition) is 1. The molecule has 1 N–H and O–H groups in total. The number of piperazine rings is 1. The minimum absolute atomic E-state index is 0.0291. The van der Waals surface area contributed by atoms with Crippen molar-refractivity contribution in [2.45, 2.75) is 58.0 Å². The molecule has 0 saturated carbocycles. The van der Waals surface area contributed by atoms with Crippen LogP contribution in [0.2, 0.25) is 0 Å². The second-order valence-electron chi connectivity index (χ2n) is 5.89. The molecule has 0 spiro atoms. The molecule has 2 unspecified atom stereocenters. The van der Waals surface area contributed by atoms with Crippen LogP contribution in [0, 0.1) is 5.92 Å². The van der Waals surface area contributed by atoms with Crippen molar-refractivity contribution in [3.8, 4) is 0 Å². The topological polar surface area (TPSA) is 49.4 Å². The maximum absolute atomic E-state index is 12.9. The number of carbonyl (C=O) groups is 2. The van der Waals surface area contributed by atoms with Crippen molar-refractivity contribution in [2.75, 3.05) is 18.1 Å². The number of amides is 2. The lowest BCUT2D eigenvalue weighted by atomic mass is 9.86. The van der Waals surface area contributed by atoms with Crippen LogP contribution in [0.3, 0.4) is 0 Å². The van der Waals surface area contributed by atoms with Crippen molar-refractivity contribution in [3.63, 3.8) is 0 Å². The molecule has 2 atom stereocenters. The number of hydrogen-bond acceptors (Lipinski definition) is 3. The van der Waals surface area contributed by atoms with Crippen LogP contribution in [-0.4, -0.2) is 46.3 Å². The van der Waals surface area contributed by atoms with E-state index < -0.39 is 5.54 Å². The summed E-state index contributed by atoms with van der Waals surface area (Å²) in [5.41, 5.74) is -0.672. The van der Waals surface area contributed by atoms with E-state index >= 15 is 0 Å². The van der Waals surface area contributed by atoms with E-state index in [1.165, 1.54) is 5.75 Å². The highest BCUT2D eigenvalue weighted by Gasteiger charge is 2.48. The molecule has 20 heavy (non-hydrogen) atoms. The van der Waals surface area contributed by atoms with Gasteiger partial charge in [-0.15, -0.1) is 0 Å². The first-order valence-electron chi connectivity index (χ1n) is 7.78. The normalized spacial score (nSPS) is 29.6. The Bertz CT molecular complexity index is 376. The van der Waals surface area contributed by atoms with Crippen LogP contribution in [0.25, 0.3) is 0 Å². The van der Waals surface area contributed by atoms with E-state index in [0.29, 0.717) is 25.2 Å². The second kappa shape index (κ2) is 6.37. The Hall–Kier alpha value is -0.710. The van der Waals surface area contributed by atoms with Crippen LogP contribution in [0.4, 0.5) is 0 Å². The minimum Gasteiger partial charge on any atom is -0.340 e. The summed E-state index contributed by atoms with van der Waals surface area (Å²) < 4.78 is 0. The molecule has 0 aromatic heterocycles. The van der Waals surface area contributed by atoms with Crippen LogP contribution in [0.1, 0.15) is 46.5 Å². The molecule has 0 aliphatic carbocycles. The number of rotatable bonds is 5. The molecule has 2 aliphatic rings. The zero-order valence-corrected chi connectivity index (χ0v) is 13.6. The van der Waals surface area contributed by atoms with Crippen LogP contribution < -0.4 is 5.32 Å². The summed E-state index contributed by atoms with van der Waals surface area (Å²) in [5.74, 6) is 3.01. The molecule has 2 saturated heterocycles. The zero-order valence-electron chi connectivity index (χ0n) is 12.8. The van der Waals surface area contributed by atoms with Gasteiger partial charge >= 0.3 is 0 Å². The molecular weight excluding hydrogens is 272 g/mol. The van der Waals surface area contributed by atoms with Crippen molar-refractivity contribution >= 4 is 23.6 Å². The molecule has 0 radical (unpaired) electrons. The highest BCUT2D eigenvalue weighted by atomic mass is 32.2. The van der Waals surface area contributed by atoms with Gasteiger partial charge in [-0.1, -0.05) is 20.8 Å². The van der Waals surface area contributed by atoms with Crippen LogP contribution in [0.5, 0.6) is 0 Å². The third-order valence-corrected chi connectivity index (χ3v) is 6.02. The van der Waals surface area contributed by atoms with E-state index in [2.05, 4.69) is 5.32 Å². The van der Waals surface area contributed by atoms with Crippen molar-refractivity contribution < 1.29 is 9.59 Å². The van der Waals surface area contributed by atoms with Gasteiger partial charge in [-0.3, -0.25) is 9.59 Å². The fourth-order valence-corrected chi connectivity index (χ4v) is 4.55. The molecule has 2 rings (SSSR count).